The maximum atomic E-state index is 10.9. The van der Waals surface area contributed by atoms with E-state index in [2.05, 4.69) is 15.9 Å². The standard InChI is InChI=1S/C10H12BrNO3/c1-15-6-2-3-9(11)7(4-6)8(5-12)10(13)14/h2-4,8H,5,12H2,1H3,(H,13,14). The fourth-order valence-electron chi connectivity index (χ4n) is 1.28. The first kappa shape index (κ1) is 12.0. The van der Waals surface area contributed by atoms with Crippen molar-refractivity contribution < 1.29 is 14.6 Å². The van der Waals surface area contributed by atoms with Crippen LogP contribution in [0.3, 0.4) is 0 Å². The summed E-state index contributed by atoms with van der Waals surface area (Å²) in [4.78, 5) is 10.9. The summed E-state index contributed by atoms with van der Waals surface area (Å²) < 4.78 is 5.75. The van der Waals surface area contributed by atoms with Gasteiger partial charge in [-0.1, -0.05) is 15.9 Å². The highest BCUT2D eigenvalue weighted by atomic mass is 79.9. The van der Waals surface area contributed by atoms with Crippen molar-refractivity contribution in [1.82, 2.24) is 0 Å². The number of nitrogens with two attached hydrogens (primary N) is 1. The summed E-state index contributed by atoms with van der Waals surface area (Å²) >= 11 is 3.29. The molecule has 5 heteroatoms. The van der Waals surface area contributed by atoms with Gasteiger partial charge < -0.3 is 15.6 Å². The van der Waals surface area contributed by atoms with Gasteiger partial charge in [-0.2, -0.15) is 0 Å². The molecule has 0 radical (unpaired) electrons. The highest BCUT2D eigenvalue weighted by molar-refractivity contribution is 9.10. The largest absolute Gasteiger partial charge is 0.497 e. The molecule has 0 aliphatic rings. The molecule has 0 saturated carbocycles. The first-order valence-electron chi connectivity index (χ1n) is 4.36. The van der Waals surface area contributed by atoms with Gasteiger partial charge in [-0.05, 0) is 23.8 Å². The molecule has 1 rings (SSSR count). The number of carbonyl (C=O) groups is 1. The van der Waals surface area contributed by atoms with Crippen LogP contribution in [0.4, 0.5) is 0 Å². The maximum Gasteiger partial charge on any atom is 0.312 e. The van der Waals surface area contributed by atoms with Crippen molar-refractivity contribution in [3.63, 3.8) is 0 Å². The predicted molar refractivity (Wildman–Crippen MR) is 60.1 cm³/mol. The van der Waals surface area contributed by atoms with Gasteiger partial charge in [-0.25, -0.2) is 0 Å². The van der Waals surface area contributed by atoms with E-state index in [0.29, 0.717) is 11.3 Å². The van der Waals surface area contributed by atoms with E-state index in [1.54, 1.807) is 18.2 Å². The van der Waals surface area contributed by atoms with Gasteiger partial charge >= 0.3 is 5.97 Å². The lowest BCUT2D eigenvalue weighted by Gasteiger charge is -2.13. The van der Waals surface area contributed by atoms with Gasteiger partial charge in [0.05, 0.1) is 13.0 Å². The van der Waals surface area contributed by atoms with Crippen LogP contribution >= 0.6 is 15.9 Å². The van der Waals surface area contributed by atoms with Gasteiger partial charge in [0.1, 0.15) is 5.75 Å². The molecule has 1 aromatic rings. The summed E-state index contributed by atoms with van der Waals surface area (Å²) in [5.41, 5.74) is 6.05. The number of carboxylic acid groups (broad SMARTS) is 1. The second-order valence-electron chi connectivity index (χ2n) is 3.01. The molecule has 0 aromatic heterocycles. The minimum Gasteiger partial charge on any atom is -0.497 e. The van der Waals surface area contributed by atoms with E-state index in [0.717, 1.165) is 4.47 Å². The number of hydrogen-bond donors (Lipinski definition) is 2. The topological polar surface area (TPSA) is 72.5 Å². The molecular formula is C10H12BrNO3. The Balaban J connectivity index is 3.15. The van der Waals surface area contributed by atoms with E-state index in [-0.39, 0.29) is 6.54 Å². The Morgan fingerprint density at radius 2 is 2.33 bits per heavy atom. The van der Waals surface area contributed by atoms with Crippen molar-refractivity contribution in [1.29, 1.82) is 0 Å². The highest BCUT2D eigenvalue weighted by Gasteiger charge is 2.20. The summed E-state index contributed by atoms with van der Waals surface area (Å²) in [7, 11) is 1.53. The highest BCUT2D eigenvalue weighted by Crippen LogP contribution is 2.28. The van der Waals surface area contributed by atoms with E-state index < -0.39 is 11.9 Å². The van der Waals surface area contributed by atoms with Crippen LogP contribution in [0.1, 0.15) is 11.5 Å². The van der Waals surface area contributed by atoms with Crippen LogP contribution in [0, 0.1) is 0 Å². The number of carboxylic acids is 1. The molecule has 1 unspecified atom stereocenters. The molecule has 0 aliphatic carbocycles. The molecule has 1 atom stereocenters. The number of aliphatic carboxylic acids is 1. The molecule has 0 spiro atoms. The third-order valence-corrected chi connectivity index (χ3v) is 2.83. The SMILES string of the molecule is COc1ccc(Br)c(C(CN)C(=O)O)c1. The number of halogens is 1. The van der Waals surface area contributed by atoms with E-state index in [9.17, 15) is 4.79 Å². The summed E-state index contributed by atoms with van der Waals surface area (Å²) in [5, 5.41) is 8.97. The van der Waals surface area contributed by atoms with Crippen molar-refractivity contribution in [2.75, 3.05) is 13.7 Å². The van der Waals surface area contributed by atoms with Gasteiger partial charge in [-0.15, -0.1) is 0 Å². The van der Waals surface area contributed by atoms with Crippen molar-refractivity contribution in [3.8, 4) is 5.75 Å². The van der Waals surface area contributed by atoms with Crippen molar-refractivity contribution in [3.05, 3.63) is 28.2 Å². The fraction of sp³-hybridized carbons (Fsp3) is 0.300. The maximum absolute atomic E-state index is 10.9. The minimum absolute atomic E-state index is 0.0566. The normalized spacial score (nSPS) is 12.2. The molecule has 0 amide bonds. The second-order valence-corrected chi connectivity index (χ2v) is 3.87. The molecule has 0 heterocycles. The van der Waals surface area contributed by atoms with Gasteiger partial charge in [-0.3, -0.25) is 4.79 Å². The summed E-state index contributed by atoms with van der Waals surface area (Å²) in [6, 6.07) is 5.18. The zero-order valence-electron chi connectivity index (χ0n) is 8.24. The van der Waals surface area contributed by atoms with Crippen molar-refractivity contribution in [2.24, 2.45) is 5.73 Å². The monoisotopic (exact) mass is 273 g/mol. The Hall–Kier alpha value is -1.07. The van der Waals surface area contributed by atoms with Gasteiger partial charge in [0.25, 0.3) is 0 Å². The predicted octanol–water partition coefficient (Wildman–Crippen LogP) is 1.58. The van der Waals surface area contributed by atoms with Crippen LogP contribution in [0.15, 0.2) is 22.7 Å². The Labute approximate surface area is 96.2 Å². The van der Waals surface area contributed by atoms with Crippen LogP contribution in [-0.2, 0) is 4.79 Å². The molecule has 0 bridgehead atoms. The van der Waals surface area contributed by atoms with E-state index >= 15 is 0 Å². The van der Waals surface area contributed by atoms with E-state index in [4.69, 9.17) is 15.6 Å². The van der Waals surface area contributed by atoms with Gasteiger partial charge in [0, 0.05) is 11.0 Å². The summed E-state index contributed by atoms with van der Waals surface area (Å²) in [6.07, 6.45) is 0. The molecule has 82 valence electrons. The van der Waals surface area contributed by atoms with E-state index in [1.807, 2.05) is 0 Å². The third kappa shape index (κ3) is 2.70. The molecule has 1 aromatic carbocycles. The number of hydrogen-bond acceptors (Lipinski definition) is 3. The lowest BCUT2D eigenvalue weighted by molar-refractivity contribution is -0.138. The fourth-order valence-corrected chi connectivity index (χ4v) is 1.80. The number of benzene rings is 1. The first-order valence-corrected chi connectivity index (χ1v) is 5.15. The van der Waals surface area contributed by atoms with Crippen molar-refractivity contribution in [2.45, 2.75) is 5.92 Å². The molecule has 4 nitrogen and oxygen atoms in total. The quantitative estimate of drug-likeness (QED) is 0.874. The van der Waals surface area contributed by atoms with E-state index in [1.165, 1.54) is 7.11 Å². The minimum atomic E-state index is -0.938. The Bertz CT molecular complexity index is 368. The Morgan fingerprint density at radius 1 is 1.67 bits per heavy atom. The molecule has 0 saturated heterocycles. The second kappa shape index (κ2) is 5.14. The zero-order valence-corrected chi connectivity index (χ0v) is 9.82. The summed E-state index contributed by atoms with van der Waals surface area (Å²) in [6.45, 7) is 0.0566. The first-order chi connectivity index (χ1) is 7.10. The molecule has 0 fully saturated rings. The molecule has 15 heavy (non-hydrogen) atoms. The lowest BCUT2D eigenvalue weighted by atomic mass is 9.99. The molecule has 0 aliphatic heterocycles. The smallest absolute Gasteiger partial charge is 0.312 e. The lowest BCUT2D eigenvalue weighted by Crippen LogP contribution is -2.21. The van der Waals surface area contributed by atoms with Crippen molar-refractivity contribution >= 4 is 21.9 Å². The van der Waals surface area contributed by atoms with Gasteiger partial charge in [0.15, 0.2) is 0 Å². The van der Waals surface area contributed by atoms with Crippen LogP contribution in [0.2, 0.25) is 0 Å². The van der Waals surface area contributed by atoms with Crippen LogP contribution < -0.4 is 10.5 Å². The Kier molecular flexibility index (Phi) is 4.11. The Morgan fingerprint density at radius 3 is 2.80 bits per heavy atom. The number of ether oxygens (including phenoxy) is 1. The molecular weight excluding hydrogens is 262 g/mol. The molecule has 3 N–H and O–H groups in total. The zero-order chi connectivity index (χ0) is 11.4. The summed E-state index contributed by atoms with van der Waals surface area (Å²) in [5.74, 6) is -1.03. The van der Waals surface area contributed by atoms with Crippen LogP contribution in [0.25, 0.3) is 0 Å². The number of rotatable bonds is 4. The van der Waals surface area contributed by atoms with Crippen LogP contribution in [0.5, 0.6) is 5.75 Å². The average molecular weight is 274 g/mol. The van der Waals surface area contributed by atoms with Crippen LogP contribution in [-0.4, -0.2) is 24.7 Å². The average Bonchev–Trinajstić information content (AvgIpc) is 2.21. The number of methoxy groups -OCH3 is 1. The van der Waals surface area contributed by atoms with Gasteiger partial charge in [0.2, 0.25) is 0 Å². The third-order valence-electron chi connectivity index (χ3n) is 2.11.